The molecule has 0 saturated heterocycles. The third-order valence-corrected chi connectivity index (χ3v) is 4.33. The number of amides is 2. The van der Waals surface area contributed by atoms with E-state index in [0.29, 0.717) is 10.2 Å². The Hall–Kier alpha value is -1.45. The SMILES string of the molecule is C[N+](C)(C)CC(=O)NS(=O)(=O)c1ccc(NC(=O)CBr)cc1. The Kier molecular flexibility index (Phi) is 6.09. The molecule has 22 heavy (non-hydrogen) atoms. The summed E-state index contributed by atoms with van der Waals surface area (Å²) in [5.74, 6) is -0.823. The number of alkyl halides is 1. The molecule has 0 atom stereocenters. The van der Waals surface area contributed by atoms with Gasteiger partial charge < -0.3 is 9.80 Å². The summed E-state index contributed by atoms with van der Waals surface area (Å²) in [6.45, 7) is 0.0403. The Morgan fingerprint density at radius 2 is 1.64 bits per heavy atom. The van der Waals surface area contributed by atoms with Gasteiger partial charge in [0.05, 0.1) is 31.4 Å². The van der Waals surface area contributed by atoms with E-state index in [1.807, 2.05) is 4.72 Å². The lowest BCUT2D eigenvalue weighted by Gasteiger charge is -2.22. The summed E-state index contributed by atoms with van der Waals surface area (Å²) in [6.07, 6.45) is 0. The molecule has 122 valence electrons. The van der Waals surface area contributed by atoms with Crippen molar-refractivity contribution in [3.8, 4) is 0 Å². The van der Waals surface area contributed by atoms with Gasteiger partial charge in [-0.2, -0.15) is 0 Å². The van der Waals surface area contributed by atoms with Gasteiger partial charge in [0.1, 0.15) is 0 Å². The molecule has 0 aliphatic heterocycles. The maximum Gasteiger partial charge on any atom is 0.288 e. The number of anilines is 1. The van der Waals surface area contributed by atoms with Crippen LogP contribution in [0.1, 0.15) is 0 Å². The Morgan fingerprint density at radius 3 is 2.09 bits per heavy atom. The van der Waals surface area contributed by atoms with Crippen LogP contribution in [-0.4, -0.2) is 57.7 Å². The number of nitrogens with one attached hydrogen (secondary N) is 2. The van der Waals surface area contributed by atoms with E-state index in [9.17, 15) is 18.0 Å². The number of carbonyl (C=O) groups is 2. The zero-order valence-corrected chi connectivity index (χ0v) is 15.0. The second-order valence-corrected chi connectivity index (χ2v) is 7.93. The first-order valence-corrected chi connectivity index (χ1v) is 8.96. The molecule has 1 rings (SSSR count). The molecule has 0 unspecified atom stereocenters. The van der Waals surface area contributed by atoms with E-state index >= 15 is 0 Å². The first-order chi connectivity index (χ1) is 10.0. The average Bonchev–Trinajstić information content (AvgIpc) is 2.36. The number of nitrogens with zero attached hydrogens (tertiary/aromatic N) is 1. The van der Waals surface area contributed by atoms with Gasteiger partial charge >= 0.3 is 0 Å². The minimum atomic E-state index is -3.91. The number of halogens is 1. The van der Waals surface area contributed by atoms with Crippen molar-refractivity contribution in [2.24, 2.45) is 0 Å². The van der Waals surface area contributed by atoms with Crippen molar-refractivity contribution in [2.75, 3.05) is 38.3 Å². The maximum absolute atomic E-state index is 12.1. The fourth-order valence-electron chi connectivity index (χ4n) is 1.58. The van der Waals surface area contributed by atoms with Crippen LogP contribution in [0.3, 0.4) is 0 Å². The monoisotopic (exact) mass is 392 g/mol. The molecule has 2 amide bonds. The van der Waals surface area contributed by atoms with Crippen LogP contribution in [0.15, 0.2) is 29.2 Å². The molecule has 0 fully saturated rings. The summed E-state index contributed by atoms with van der Waals surface area (Å²) in [7, 11) is 1.44. The molecule has 0 bridgehead atoms. The summed E-state index contributed by atoms with van der Waals surface area (Å²) in [6, 6.07) is 5.57. The number of carbonyl (C=O) groups excluding carboxylic acids is 2. The van der Waals surface area contributed by atoms with E-state index in [0.717, 1.165) is 0 Å². The van der Waals surface area contributed by atoms with Crippen LogP contribution >= 0.6 is 15.9 Å². The molecular formula is C13H19BrN3O4S+. The quantitative estimate of drug-likeness (QED) is 0.545. The van der Waals surface area contributed by atoms with Gasteiger partial charge in [-0.25, -0.2) is 13.1 Å². The third-order valence-electron chi connectivity index (χ3n) is 2.44. The van der Waals surface area contributed by atoms with Crippen molar-refractivity contribution in [3.05, 3.63) is 24.3 Å². The Balaban J connectivity index is 2.81. The largest absolute Gasteiger partial charge is 0.325 e. The number of rotatable bonds is 6. The zero-order chi connectivity index (χ0) is 17.0. The molecule has 0 radical (unpaired) electrons. The molecule has 1 aromatic rings. The number of hydrogen-bond donors (Lipinski definition) is 2. The molecular weight excluding hydrogens is 374 g/mol. The lowest BCUT2D eigenvalue weighted by Crippen LogP contribution is -2.45. The summed E-state index contributed by atoms with van der Waals surface area (Å²) in [4.78, 5) is 22.9. The van der Waals surface area contributed by atoms with Crippen LogP contribution in [0.4, 0.5) is 5.69 Å². The predicted octanol–water partition coefficient (Wildman–Crippen LogP) is 0.531. The molecule has 0 heterocycles. The average molecular weight is 393 g/mol. The molecule has 1 aromatic carbocycles. The van der Waals surface area contributed by atoms with Gasteiger partial charge in [-0.05, 0) is 24.3 Å². The highest BCUT2D eigenvalue weighted by molar-refractivity contribution is 9.09. The minimum Gasteiger partial charge on any atom is -0.325 e. The molecule has 0 saturated carbocycles. The molecule has 0 aromatic heterocycles. The van der Waals surface area contributed by atoms with E-state index in [-0.39, 0.29) is 22.7 Å². The number of benzene rings is 1. The summed E-state index contributed by atoms with van der Waals surface area (Å²) < 4.78 is 26.5. The molecule has 0 aliphatic rings. The highest BCUT2D eigenvalue weighted by atomic mass is 79.9. The van der Waals surface area contributed by atoms with Crippen molar-refractivity contribution >= 4 is 43.5 Å². The summed E-state index contributed by atoms with van der Waals surface area (Å²) >= 11 is 3.01. The predicted molar refractivity (Wildman–Crippen MR) is 87.1 cm³/mol. The zero-order valence-electron chi connectivity index (χ0n) is 12.6. The van der Waals surface area contributed by atoms with Gasteiger partial charge in [0.2, 0.25) is 5.91 Å². The summed E-state index contributed by atoms with van der Waals surface area (Å²) in [5.41, 5.74) is 0.473. The fraction of sp³-hybridized carbons (Fsp3) is 0.385. The third kappa shape index (κ3) is 6.12. The van der Waals surface area contributed by atoms with Crippen LogP contribution in [0, 0.1) is 0 Å². The first kappa shape index (κ1) is 18.6. The van der Waals surface area contributed by atoms with E-state index in [4.69, 9.17) is 0 Å². The maximum atomic E-state index is 12.1. The highest BCUT2D eigenvalue weighted by Gasteiger charge is 2.21. The standard InChI is InChI=1S/C13H18BrN3O4S/c1-17(2,3)9-13(19)16-22(20,21)11-6-4-10(5-7-11)15-12(18)8-14/h4-7H,8-9H2,1-3H3,(H-,15,16,18,19)/p+1. The van der Waals surface area contributed by atoms with Gasteiger partial charge in [-0.15, -0.1) is 0 Å². The van der Waals surface area contributed by atoms with Crippen molar-refractivity contribution in [2.45, 2.75) is 4.90 Å². The summed E-state index contributed by atoms with van der Waals surface area (Å²) in [5, 5.41) is 2.72. The lowest BCUT2D eigenvalue weighted by molar-refractivity contribution is -0.862. The van der Waals surface area contributed by atoms with E-state index in [2.05, 4.69) is 21.2 Å². The first-order valence-electron chi connectivity index (χ1n) is 6.35. The van der Waals surface area contributed by atoms with Crippen LogP contribution in [0.25, 0.3) is 0 Å². The number of hydrogen-bond acceptors (Lipinski definition) is 4. The van der Waals surface area contributed by atoms with Crippen LogP contribution in [-0.2, 0) is 19.6 Å². The number of sulfonamides is 1. The number of likely N-dealkylation sites (N-methyl/N-ethyl adjacent to an activating group) is 1. The van der Waals surface area contributed by atoms with Crippen molar-refractivity contribution in [3.63, 3.8) is 0 Å². The topological polar surface area (TPSA) is 92.3 Å². The van der Waals surface area contributed by atoms with Crippen molar-refractivity contribution in [1.29, 1.82) is 0 Å². The molecule has 2 N–H and O–H groups in total. The van der Waals surface area contributed by atoms with Gasteiger partial charge in [-0.1, -0.05) is 15.9 Å². The van der Waals surface area contributed by atoms with Gasteiger partial charge in [0.25, 0.3) is 15.9 Å². The Labute approximate surface area is 138 Å². The lowest BCUT2D eigenvalue weighted by atomic mass is 10.3. The van der Waals surface area contributed by atoms with E-state index < -0.39 is 15.9 Å². The molecule has 0 spiro atoms. The van der Waals surface area contributed by atoms with Gasteiger partial charge in [0.15, 0.2) is 6.54 Å². The second kappa shape index (κ2) is 7.21. The van der Waals surface area contributed by atoms with Crippen LogP contribution in [0.5, 0.6) is 0 Å². The Bertz CT molecular complexity index is 651. The van der Waals surface area contributed by atoms with Crippen molar-refractivity contribution in [1.82, 2.24) is 4.72 Å². The fourth-order valence-corrected chi connectivity index (χ4v) is 2.70. The van der Waals surface area contributed by atoms with Gasteiger partial charge in [0, 0.05) is 5.69 Å². The smallest absolute Gasteiger partial charge is 0.288 e. The van der Waals surface area contributed by atoms with Gasteiger partial charge in [-0.3, -0.25) is 9.59 Å². The van der Waals surface area contributed by atoms with E-state index in [1.165, 1.54) is 24.3 Å². The molecule has 7 nitrogen and oxygen atoms in total. The van der Waals surface area contributed by atoms with Crippen LogP contribution < -0.4 is 10.0 Å². The second-order valence-electron chi connectivity index (χ2n) is 5.68. The van der Waals surface area contributed by atoms with Crippen molar-refractivity contribution < 1.29 is 22.5 Å². The molecule has 9 heteroatoms. The van der Waals surface area contributed by atoms with E-state index in [1.54, 1.807) is 21.1 Å². The molecule has 0 aliphatic carbocycles. The minimum absolute atomic E-state index is 0.0403. The highest BCUT2D eigenvalue weighted by Crippen LogP contribution is 2.14. The normalized spacial score (nSPS) is 11.8. The van der Waals surface area contributed by atoms with Crippen LogP contribution in [0.2, 0.25) is 0 Å². The Morgan fingerprint density at radius 1 is 1.09 bits per heavy atom. The number of quaternary nitrogens is 1.